The molecule has 0 aliphatic heterocycles. The molecule has 124 valence electrons. The van der Waals surface area contributed by atoms with Crippen LogP contribution in [0, 0.1) is 34.0 Å². The van der Waals surface area contributed by atoms with Crippen LogP contribution in [0.2, 0.25) is 0 Å². The maximum atomic E-state index is 9.16. The highest BCUT2D eigenvalue weighted by Crippen LogP contribution is 2.27. The van der Waals surface area contributed by atoms with Crippen molar-refractivity contribution in [2.24, 2.45) is 0 Å². The molecular formula is C17H14N6S2. The molecule has 2 heterocycles. The summed E-state index contributed by atoms with van der Waals surface area (Å²) in [7, 11) is 0. The first-order valence-electron chi connectivity index (χ1n) is 7.46. The van der Waals surface area contributed by atoms with Gasteiger partial charge in [0.25, 0.3) is 0 Å². The molecule has 8 heteroatoms. The predicted octanol–water partition coefficient (Wildman–Crippen LogP) is 3.94. The maximum absolute atomic E-state index is 9.16. The fourth-order valence-corrected chi connectivity index (χ4v) is 3.75. The van der Waals surface area contributed by atoms with Crippen LogP contribution in [0.15, 0.2) is 18.0 Å². The Balaban J connectivity index is 2.21. The zero-order chi connectivity index (χ0) is 18.2. The first-order valence-corrected chi connectivity index (χ1v) is 9.09. The molecule has 0 saturated heterocycles. The summed E-state index contributed by atoms with van der Waals surface area (Å²) in [5.41, 5.74) is -0.213. The number of allylic oxidation sites excluding steroid dienone is 2. The molecule has 0 bridgehead atoms. The van der Waals surface area contributed by atoms with Crippen molar-refractivity contribution < 1.29 is 0 Å². The molecule has 0 spiro atoms. The second kappa shape index (κ2) is 8.75. The summed E-state index contributed by atoms with van der Waals surface area (Å²) in [4.78, 5) is 12.6. The Labute approximate surface area is 154 Å². The number of nitriles is 3. The van der Waals surface area contributed by atoms with Crippen molar-refractivity contribution in [1.82, 2.24) is 9.97 Å². The molecule has 0 aromatic carbocycles. The molecule has 0 radical (unpaired) electrons. The van der Waals surface area contributed by atoms with Crippen LogP contribution < -0.4 is 4.90 Å². The van der Waals surface area contributed by atoms with E-state index in [9.17, 15) is 0 Å². The summed E-state index contributed by atoms with van der Waals surface area (Å²) in [5.74, 6) is 0. The van der Waals surface area contributed by atoms with E-state index in [0.29, 0.717) is 5.01 Å². The lowest BCUT2D eigenvalue weighted by atomic mass is 10.2. The second-order valence-corrected chi connectivity index (χ2v) is 6.81. The van der Waals surface area contributed by atoms with Crippen LogP contribution in [0.5, 0.6) is 0 Å². The quantitative estimate of drug-likeness (QED) is 0.718. The molecule has 2 rings (SSSR count). The van der Waals surface area contributed by atoms with Gasteiger partial charge in [-0.25, -0.2) is 9.97 Å². The van der Waals surface area contributed by atoms with Crippen LogP contribution in [0.3, 0.4) is 0 Å². The molecule has 0 atom stereocenters. The van der Waals surface area contributed by atoms with Crippen molar-refractivity contribution in [1.29, 1.82) is 15.8 Å². The number of thiazole rings is 2. The topological polar surface area (TPSA) is 100 Å². The predicted molar refractivity (Wildman–Crippen MR) is 100 cm³/mol. The van der Waals surface area contributed by atoms with E-state index < -0.39 is 0 Å². The highest BCUT2D eigenvalue weighted by Gasteiger charge is 2.12. The zero-order valence-electron chi connectivity index (χ0n) is 13.7. The summed E-state index contributed by atoms with van der Waals surface area (Å²) >= 11 is 2.86. The number of nitrogens with zero attached hydrogens (tertiary/aromatic N) is 6. The molecule has 0 amide bonds. The summed E-state index contributed by atoms with van der Waals surface area (Å²) in [6, 6.07) is 5.33. The van der Waals surface area contributed by atoms with Gasteiger partial charge in [0.15, 0.2) is 5.13 Å². The number of rotatable bonds is 6. The van der Waals surface area contributed by atoms with Crippen molar-refractivity contribution in [3.05, 3.63) is 32.7 Å². The van der Waals surface area contributed by atoms with Crippen LogP contribution in [-0.4, -0.2) is 23.1 Å². The van der Waals surface area contributed by atoms with Gasteiger partial charge in [0.2, 0.25) is 0 Å². The number of hydrogen-bond acceptors (Lipinski definition) is 8. The third-order valence-corrected chi connectivity index (χ3v) is 5.28. The molecular weight excluding hydrogens is 352 g/mol. The van der Waals surface area contributed by atoms with Gasteiger partial charge in [-0.2, -0.15) is 15.8 Å². The molecule has 6 nitrogen and oxygen atoms in total. The minimum Gasteiger partial charge on any atom is -0.349 e. The minimum absolute atomic E-state index is 0.0104. The lowest BCUT2D eigenvalue weighted by Crippen LogP contribution is -2.21. The van der Waals surface area contributed by atoms with Gasteiger partial charge in [-0.1, -0.05) is 11.3 Å². The molecule has 0 fully saturated rings. The normalized spacial score (nSPS) is 10.0. The summed E-state index contributed by atoms with van der Waals surface area (Å²) in [6.07, 6.45) is 7.26. The van der Waals surface area contributed by atoms with Gasteiger partial charge in [0, 0.05) is 35.2 Å². The minimum atomic E-state index is -0.223. The molecule has 25 heavy (non-hydrogen) atoms. The average molecular weight is 366 g/mol. The van der Waals surface area contributed by atoms with Crippen LogP contribution >= 0.6 is 22.7 Å². The zero-order valence-corrected chi connectivity index (χ0v) is 15.4. The van der Waals surface area contributed by atoms with Gasteiger partial charge < -0.3 is 4.90 Å². The Bertz CT molecular complexity index is 909. The highest BCUT2D eigenvalue weighted by molar-refractivity contribution is 7.16. The van der Waals surface area contributed by atoms with E-state index in [0.717, 1.165) is 28.0 Å². The van der Waals surface area contributed by atoms with E-state index in [1.807, 2.05) is 24.4 Å². The van der Waals surface area contributed by atoms with Crippen LogP contribution in [0.4, 0.5) is 5.13 Å². The van der Waals surface area contributed by atoms with Gasteiger partial charge in [0.05, 0.1) is 0 Å². The van der Waals surface area contributed by atoms with Gasteiger partial charge in [-0.3, -0.25) is 0 Å². The second-order valence-electron chi connectivity index (χ2n) is 4.70. The summed E-state index contributed by atoms with van der Waals surface area (Å²) < 4.78 is 0. The first-order chi connectivity index (χ1) is 12.2. The van der Waals surface area contributed by atoms with E-state index in [4.69, 9.17) is 15.8 Å². The lowest BCUT2D eigenvalue weighted by molar-refractivity contribution is 0.860. The van der Waals surface area contributed by atoms with Crippen LogP contribution in [0.1, 0.15) is 28.6 Å². The largest absolute Gasteiger partial charge is 0.349 e. The molecule has 0 aliphatic rings. The molecule has 0 saturated carbocycles. The van der Waals surface area contributed by atoms with Crippen molar-refractivity contribution in [3.63, 3.8) is 0 Å². The average Bonchev–Trinajstić information content (AvgIpc) is 3.28. The Morgan fingerprint density at radius 3 is 2.16 bits per heavy atom. The highest BCUT2D eigenvalue weighted by atomic mass is 32.1. The van der Waals surface area contributed by atoms with Crippen molar-refractivity contribution in [2.45, 2.75) is 13.8 Å². The Hall–Kier alpha value is -2.99. The van der Waals surface area contributed by atoms with Crippen LogP contribution in [0.25, 0.3) is 17.7 Å². The van der Waals surface area contributed by atoms with Crippen LogP contribution in [-0.2, 0) is 0 Å². The van der Waals surface area contributed by atoms with E-state index in [2.05, 4.69) is 28.7 Å². The van der Waals surface area contributed by atoms with Gasteiger partial charge in [-0.05, 0) is 26.0 Å². The van der Waals surface area contributed by atoms with E-state index >= 15 is 0 Å². The Morgan fingerprint density at radius 2 is 1.60 bits per heavy atom. The lowest BCUT2D eigenvalue weighted by Gasteiger charge is -2.16. The summed E-state index contributed by atoms with van der Waals surface area (Å²) in [6.45, 7) is 6.01. The maximum Gasteiger partial charge on any atom is 0.185 e. The SMILES string of the molecule is CCN(CC)c1ncc(/C=C/c2cnc(C(C#N)=C(C#N)C#N)s2)s1. The van der Waals surface area contributed by atoms with Crippen molar-refractivity contribution >= 4 is 45.5 Å². The molecule has 0 aliphatic carbocycles. The summed E-state index contributed by atoms with van der Waals surface area (Å²) in [5, 5.41) is 28.3. The van der Waals surface area contributed by atoms with Gasteiger partial charge in [0.1, 0.15) is 34.4 Å². The Kier molecular flexibility index (Phi) is 6.42. The number of anilines is 1. The van der Waals surface area contributed by atoms with E-state index in [-0.39, 0.29) is 11.1 Å². The monoisotopic (exact) mass is 366 g/mol. The molecule has 0 N–H and O–H groups in total. The van der Waals surface area contributed by atoms with Gasteiger partial charge >= 0.3 is 0 Å². The molecule has 2 aromatic rings. The third kappa shape index (κ3) is 4.30. The first kappa shape index (κ1) is 18.4. The third-order valence-electron chi connectivity index (χ3n) is 3.28. The molecule has 0 unspecified atom stereocenters. The van der Waals surface area contributed by atoms with Crippen molar-refractivity contribution in [3.8, 4) is 18.2 Å². The van der Waals surface area contributed by atoms with Gasteiger partial charge in [-0.15, -0.1) is 11.3 Å². The standard InChI is InChI=1S/C17H14N6S2/c1-3-23(4-2)17-22-11-14(25-17)6-5-13-10-21-16(24-13)15(9-20)12(7-18)8-19/h5-6,10-11H,3-4H2,1-2H3/b6-5+. The fourth-order valence-electron chi connectivity index (χ4n) is 1.99. The number of aromatic nitrogens is 2. The van der Waals surface area contributed by atoms with E-state index in [1.165, 1.54) is 11.3 Å². The Morgan fingerprint density at radius 1 is 1.00 bits per heavy atom. The number of hydrogen-bond donors (Lipinski definition) is 0. The molecule has 2 aromatic heterocycles. The van der Waals surface area contributed by atoms with E-state index in [1.54, 1.807) is 29.7 Å². The fraction of sp³-hybridized carbons (Fsp3) is 0.235. The van der Waals surface area contributed by atoms with Crippen molar-refractivity contribution in [2.75, 3.05) is 18.0 Å². The smallest absolute Gasteiger partial charge is 0.185 e.